The molecule has 0 saturated carbocycles. The molecule has 0 spiro atoms. The van der Waals surface area contributed by atoms with E-state index in [1.54, 1.807) is 0 Å². The molecule has 6 N–H and O–H groups in total. The minimum atomic E-state index is -1.12. The maximum atomic E-state index is 11.9. The molecule has 0 aromatic carbocycles. The molecule has 0 aliphatic carbocycles. The number of amides is 1. The van der Waals surface area contributed by atoms with E-state index in [9.17, 15) is 30.3 Å². The van der Waals surface area contributed by atoms with Crippen molar-refractivity contribution in [2.45, 2.75) is 107 Å². The van der Waals surface area contributed by atoms with Crippen LogP contribution in [0.3, 0.4) is 0 Å². The highest BCUT2D eigenvalue weighted by atomic mass is 16.3. The zero-order valence-corrected chi connectivity index (χ0v) is 16.9. The Balaban J connectivity index is 1.66. The summed E-state index contributed by atoms with van der Waals surface area (Å²) in [6.07, 6.45) is 3.94. The molecule has 2 fully saturated rings. The highest BCUT2D eigenvalue weighted by Gasteiger charge is 2.47. The van der Waals surface area contributed by atoms with Gasteiger partial charge < -0.3 is 35.7 Å². The number of piperidine rings is 1. The van der Waals surface area contributed by atoms with E-state index in [4.69, 9.17) is 0 Å². The van der Waals surface area contributed by atoms with Crippen molar-refractivity contribution >= 4 is 5.91 Å². The van der Waals surface area contributed by atoms with Gasteiger partial charge in [-0.05, 0) is 32.2 Å². The molecule has 2 aliphatic heterocycles. The summed E-state index contributed by atoms with van der Waals surface area (Å²) in [5.41, 5.74) is 0. The van der Waals surface area contributed by atoms with Crippen molar-refractivity contribution in [2.75, 3.05) is 13.2 Å². The number of hydrogen-bond donors (Lipinski definition) is 6. The van der Waals surface area contributed by atoms with Gasteiger partial charge in [0, 0.05) is 13.0 Å². The van der Waals surface area contributed by atoms with Crippen molar-refractivity contribution in [3.63, 3.8) is 0 Å². The number of unbranched alkanes of at least 4 members (excludes halogenated alkanes) is 3. The predicted octanol–water partition coefficient (Wildman–Crippen LogP) is -0.496. The van der Waals surface area contributed by atoms with E-state index in [1.165, 1.54) is 11.8 Å². The third-order valence-corrected chi connectivity index (χ3v) is 6.31. The van der Waals surface area contributed by atoms with Crippen LogP contribution in [0, 0.1) is 0 Å². The van der Waals surface area contributed by atoms with Crippen LogP contribution in [0.4, 0.5) is 0 Å². The standard InChI is InChI=1S/C20H38N2O6/c1-13(24)22-15(19(27)20(28)16(22)12-23)9-4-2-3-5-10-17(25)18(26)14-8-6-7-11-21-14/h14-21,23,25-28H,2-12H2,1H3/t14-,15+,16-,17-,18-,19+,20+/m0/s1. The molecule has 7 atom stereocenters. The molecule has 28 heavy (non-hydrogen) atoms. The van der Waals surface area contributed by atoms with Gasteiger partial charge in [-0.3, -0.25) is 4.79 Å². The van der Waals surface area contributed by atoms with Gasteiger partial charge in [-0.1, -0.05) is 32.1 Å². The van der Waals surface area contributed by atoms with Crippen molar-refractivity contribution in [1.82, 2.24) is 10.2 Å². The van der Waals surface area contributed by atoms with E-state index in [0.717, 1.165) is 51.5 Å². The van der Waals surface area contributed by atoms with Crippen molar-refractivity contribution in [3.05, 3.63) is 0 Å². The lowest BCUT2D eigenvalue weighted by Crippen LogP contribution is -2.48. The van der Waals surface area contributed by atoms with E-state index in [2.05, 4.69) is 5.32 Å². The summed E-state index contributed by atoms with van der Waals surface area (Å²) in [6, 6.07) is -1.24. The number of aliphatic hydroxyl groups is 5. The third-order valence-electron chi connectivity index (χ3n) is 6.31. The largest absolute Gasteiger partial charge is 0.394 e. The molecule has 2 aliphatic rings. The number of rotatable bonds is 10. The van der Waals surface area contributed by atoms with Crippen LogP contribution in [0.5, 0.6) is 0 Å². The summed E-state index contributed by atoms with van der Waals surface area (Å²) < 4.78 is 0. The van der Waals surface area contributed by atoms with Gasteiger partial charge in [0.05, 0.1) is 30.9 Å². The van der Waals surface area contributed by atoms with Crippen molar-refractivity contribution < 1.29 is 30.3 Å². The number of aliphatic hydroxyl groups excluding tert-OH is 5. The summed E-state index contributed by atoms with van der Waals surface area (Å²) in [6.45, 7) is 1.91. The molecule has 2 saturated heterocycles. The van der Waals surface area contributed by atoms with Crippen LogP contribution < -0.4 is 5.32 Å². The van der Waals surface area contributed by atoms with Gasteiger partial charge in [0.2, 0.25) is 5.91 Å². The maximum absolute atomic E-state index is 11.9. The van der Waals surface area contributed by atoms with Gasteiger partial charge in [0.25, 0.3) is 0 Å². The second-order valence-corrected chi connectivity index (χ2v) is 8.33. The predicted molar refractivity (Wildman–Crippen MR) is 105 cm³/mol. The van der Waals surface area contributed by atoms with Crippen LogP contribution in [0.15, 0.2) is 0 Å². The lowest BCUT2D eigenvalue weighted by Gasteiger charge is -2.31. The molecule has 2 rings (SSSR count). The second kappa shape index (κ2) is 11.4. The molecule has 1 amide bonds. The van der Waals surface area contributed by atoms with Crippen LogP contribution in [-0.2, 0) is 4.79 Å². The van der Waals surface area contributed by atoms with Crippen LogP contribution in [0.1, 0.15) is 64.7 Å². The van der Waals surface area contributed by atoms with E-state index in [1.807, 2.05) is 0 Å². The molecule has 0 aromatic rings. The average Bonchev–Trinajstić information content (AvgIpc) is 2.94. The Bertz CT molecular complexity index is 474. The molecular weight excluding hydrogens is 364 g/mol. The first-order chi connectivity index (χ1) is 13.4. The summed E-state index contributed by atoms with van der Waals surface area (Å²) in [5.74, 6) is -0.256. The molecule has 0 aromatic heterocycles. The molecule has 164 valence electrons. The van der Waals surface area contributed by atoms with Crippen LogP contribution in [0.2, 0.25) is 0 Å². The first kappa shape index (κ1) is 23.5. The molecule has 8 nitrogen and oxygen atoms in total. The second-order valence-electron chi connectivity index (χ2n) is 8.33. The number of carbonyl (C=O) groups is 1. The molecule has 2 heterocycles. The number of nitrogens with zero attached hydrogens (tertiary/aromatic N) is 1. The highest BCUT2D eigenvalue weighted by Crippen LogP contribution is 2.29. The zero-order valence-electron chi connectivity index (χ0n) is 16.9. The zero-order chi connectivity index (χ0) is 20.7. The van der Waals surface area contributed by atoms with Crippen molar-refractivity contribution in [3.8, 4) is 0 Å². The van der Waals surface area contributed by atoms with E-state index in [0.29, 0.717) is 12.8 Å². The lowest BCUT2D eigenvalue weighted by molar-refractivity contribution is -0.134. The summed E-state index contributed by atoms with van der Waals surface area (Å²) in [5, 5.41) is 53.4. The SMILES string of the molecule is CC(=O)N1[C@H](CCCCCC[C@H](O)[C@@H](O)[C@@H]2CCCCN2)[C@@H](O)[C@H](O)[C@@H]1CO. The number of carbonyl (C=O) groups excluding carboxylic acids is 1. The smallest absolute Gasteiger partial charge is 0.220 e. The Kier molecular flexibility index (Phi) is 9.59. The Morgan fingerprint density at radius 3 is 2.36 bits per heavy atom. The van der Waals surface area contributed by atoms with Gasteiger partial charge in [0.15, 0.2) is 0 Å². The quantitative estimate of drug-likeness (QED) is 0.272. The summed E-state index contributed by atoms with van der Waals surface area (Å²) in [4.78, 5) is 13.3. The van der Waals surface area contributed by atoms with Crippen molar-refractivity contribution in [2.24, 2.45) is 0 Å². The fourth-order valence-electron chi connectivity index (χ4n) is 4.67. The third kappa shape index (κ3) is 5.87. The average molecular weight is 403 g/mol. The fourth-order valence-corrected chi connectivity index (χ4v) is 4.67. The Morgan fingerprint density at radius 2 is 1.75 bits per heavy atom. The molecule has 0 unspecified atom stereocenters. The minimum absolute atomic E-state index is 0.0175. The molecule has 0 radical (unpaired) electrons. The number of hydrogen-bond acceptors (Lipinski definition) is 7. The minimum Gasteiger partial charge on any atom is -0.394 e. The van der Waals surface area contributed by atoms with Crippen LogP contribution >= 0.6 is 0 Å². The summed E-state index contributed by atoms with van der Waals surface area (Å²) in [7, 11) is 0. The number of likely N-dealkylation sites (tertiary alicyclic amines) is 1. The van der Waals surface area contributed by atoms with Gasteiger partial charge in [-0.15, -0.1) is 0 Å². The Labute approximate surface area is 167 Å². The Morgan fingerprint density at radius 1 is 1.07 bits per heavy atom. The van der Waals surface area contributed by atoms with Crippen LogP contribution in [-0.4, -0.2) is 92.0 Å². The van der Waals surface area contributed by atoms with Gasteiger partial charge in [-0.25, -0.2) is 0 Å². The molecular formula is C20H38N2O6. The van der Waals surface area contributed by atoms with Crippen LogP contribution in [0.25, 0.3) is 0 Å². The van der Waals surface area contributed by atoms with Gasteiger partial charge >= 0.3 is 0 Å². The van der Waals surface area contributed by atoms with E-state index in [-0.39, 0.29) is 18.6 Å². The lowest BCUT2D eigenvalue weighted by atomic mass is 9.93. The first-order valence-corrected chi connectivity index (χ1v) is 10.7. The Hall–Kier alpha value is -0.770. The normalized spacial score (nSPS) is 33.1. The van der Waals surface area contributed by atoms with Gasteiger partial charge in [0.1, 0.15) is 12.2 Å². The topological polar surface area (TPSA) is 133 Å². The first-order valence-electron chi connectivity index (χ1n) is 10.7. The highest BCUT2D eigenvalue weighted by molar-refractivity contribution is 5.74. The molecule has 8 heteroatoms. The van der Waals surface area contributed by atoms with E-state index >= 15 is 0 Å². The summed E-state index contributed by atoms with van der Waals surface area (Å²) >= 11 is 0. The fraction of sp³-hybridized carbons (Fsp3) is 0.950. The molecule has 0 bridgehead atoms. The monoisotopic (exact) mass is 402 g/mol. The maximum Gasteiger partial charge on any atom is 0.220 e. The number of nitrogens with one attached hydrogen (secondary N) is 1. The van der Waals surface area contributed by atoms with Crippen molar-refractivity contribution in [1.29, 1.82) is 0 Å². The van der Waals surface area contributed by atoms with E-state index < -0.39 is 36.5 Å². The van der Waals surface area contributed by atoms with Gasteiger partial charge in [-0.2, -0.15) is 0 Å².